The van der Waals surface area contributed by atoms with Crippen molar-refractivity contribution in [2.75, 3.05) is 47.6 Å². The lowest BCUT2D eigenvalue weighted by Gasteiger charge is -2.39. The van der Waals surface area contributed by atoms with Crippen LogP contribution in [0.1, 0.15) is 29.7 Å². The summed E-state index contributed by atoms with van der Waals surface area (Å²) in [5.41, 5.74) is 3.89. The van der Waals surface area contributed by atoms with E-state index in [1.807, 2.05) is 20.0 Å². The van der Waals surface area contributed by atoms with Crippen LogP contribution in [-0.2, 0) is 36.8 Å². The zero-order valence-corrected chi connectivity index (χ0v) is 22.8. The topological polar surface area (TPSA) is 105 Å². The third-order valence-corrected chi connectivity index (χ3v) is 7.82. The molecule has 3 heterocycles. The lowest BCUT2D eigenvalue weighted by Crippen LogP contribution is -2.41. The van der Waals surface area contributed by atoms with Crippen LogP contribution in [0.25, 0.3) is 0 Å². The number of nitrogens with one attached hydrogen (secondary N) is 1. The average Bonchev–Trinajstić information content (AvgIpc) is 3.49. The molecule has 1 aromatic rings. The Labute approximate surface area is 226 Å². The third-order valence-electron chi connectivity index (χ3n) is 7.58. The van der Waals surface area contributed by atoms with E-state index in [9.17, 15) is 9.59 Å². The van der Waals surface area contributed by atoms with Crippen molar-refractivity contribution in [3.8, 4) is 17.2 Å². The first kappa shape index (κ1) is 26.2. The summed E-state index contributed by atoms with van der Waals surface area (Å²) in [5.74, 6) is 1.44. The molecule has 0 spiro atoms. The SMILES string of the molecule is COC1=C(OC)C(C)C2=C(C=C1)C(C1c3c(c(CNC(=O)CCl)c4c(c3OC)OCO4)CCN1C)OC2=O. The number of benzene rings is 1. The van der Waals surface area contributed by atoms with E-state index in [0.29, 0.717) is 47.3 Å². The van der Waals surface area contributed by atoms with Crippen molar-refractivity contribution in [3.05, 3.63) is 51.5 Å². The molecule has 4 aliphatic rings. The van der Waals surface area contributed by atoms with Crippen LogP contribution in [0.2, 0.25) is 0 Å². The molecule has 0 aromatic heterocycles. The summed E-state index contributed by atoms with van der Waals surface area (Å²) in [5, 5.41) is 2.85. The molecule has 10 nitrogen and oxygen atoms in total. The maximum atomic E-state index is 13.3. The highest BCUT2D eigenvalue weighted by molar-refractivity contribution is 6.27. The number of nitrogens with zero attached hydrogens (tertiary/aromatic N) is 1. The molecular formula is C27H31ClN2O8. The highest BCUT2D eigenvalue weighted by Gasteiger charge is 2.48. The highest BCUT2D eigenvalue weighted by Crippen LogP contribution is 2.54. The Morgan fingerprint density at radius 3 is 2.61 bits per heavy atom. The quantitative estimate of drug-likeness (QED) is 0.408. The van der Waals surface area contributed by atoms with Gasteiger partial charge in [0, 0.05) is 29.8 Å². The summed E-state index contributed by atoms with van der Waals surface area (Å²) in [6.07, 6.45) is 3.72. The van der Waals surface area contributed by atoms with Gasteiger partial charge in [0.1, 0.15) is 17.7 Å². The Morgan fingerprint density at radius 2 is 1.92 bits per heavy atom. The van der Waals surface area contributed by atoms with Crippen LogP contribution < -0.4 is 19.5 Å². The van der Waals surface area contributed by atoms with Crippen LogP contribution in [0, 0.1) is 5.92 Å². The summed E-state index contributed by atoms with van der Waals surface area (Å²) >= 11 is 5.72. The maximum Gasteiger partial charge on any atom is 0.335 e. The van der Waals surface area contributed by atoms with Gasteiger partial charge in [-0.15, -0.1) is 11.6 Å². The van der Waals surface area contributed by atoms with Gasteiger partial charge in [0.15, 0.2) is 17.3 Å². The molecule has 0 radical (unpaired) electrons. The molecule has 11 heteroatoms. The van der Waals surface area contributed by atoms with Gasteiger partial charge < -0.3 is 33.7 Å². The smallest absolute Gasteiger partial charge is 0.335 e. The van der Waals surface area contributed by atoms with Crippen molar-refractivity contribution in [1.29, 1.82) is 0 Å². The number of amides is 1. The van der Waals surface area contributed by atoms with Gasteiger partial charge in [-0.25, -0.2) is 4.79 Å². The number of rotatable bonds is 7. The zero-order valence-electron chi connectivity index (χ0n) is 22.0. The molecule has 204 valence electrons. The number of alkyl halides is 1. The minimum absolute atomic E-state index is 0.0325. The number of carbonyl (C=O) groups is 2. The number of fused-ring (bicyclic) bond motifs is 2. The molecule has 3 unspecified atom stereocenters. The monoisotopic (exact) mass is 546 g/mol. The van der Waals surface area contributed by atoms with Crippen molar-refractivity contribution >= 4 is 23.5 Å². The fourth-order valence-corrected chi connectivity index (χ4v) is 5.97. The van der Waals surface area contributed by atoms with Crippen LogP contribution in [-0.4, -0.2) is 70.5 Å². The van der Waals surface area contributed by atoms with Gasteiger partial charge in [-0.2, -0.15) is 0 Å². The second kappa shape index (κ2) is 10.4. The van der Waals surface area contributed by atoms with E-state index in [1.54, 1.807) is 27.4 Å². The lowest BCUT2D eigenvalue weighted by atomic mass is 9.82. The predicted molar refractivity (Wildman–Crippen MR) is 137 cm³/mol. The largest absolute Gasteiger partial charge is 0.497 e. The maximum absolute atomic E-state index is 13.3. The first-order chi connectivity index (χ1) is 18.4. The van der Waals surface area contributed by atoms with Crippen molar-refractivity contribution in [1.82, 2.24) is 10.2 Å². The molecule has 3 atom stereocenters. The van der Waals surface area contributed by atoms with E-state index in [2.05, 4.69) is 10.2 Å². The lowest BCUT2D eigenvalue weighted by molar-refractivity contribution is -0.142. The van der Waals surface area contributed by atoms with Gasteiger partial charge in [0.25, 0.3) is 0 Å². The second-order valence-electron chi connectivity index (χ2n) is 9.44. The summed E-state index contributed by atoms with van der Waals surface area (Å²) < 4.78 is 34.9. The number of hydrogen-bond acceptors (Lipinski definition) is 9. The molecule has 1 amide bonds. The van der Waals surface area contributed by atoms with Gasteiger partial charge in [-0.3, -0.25) is 9.69 Å². The number of carbonyl (C=O) groups excluding carboxylic acids is 2. The summed E-state index contributed by atoms with van der Waals surface area (Å²) in [6, 6.07) is -0.394. The van der Waals surface area contributed by atoms with E-state index >= 15 is 0 Å². The fourth-order valence-electron chi connectivity index (χ4n) is 5.88. The first-order valence-corrected chi connectivity index (χ1v) is 12.9. The molecule has 1 aliphatic carbocycles. The van der Waals surface area contributed by atoms with Crippen LogP contribution in [0.3, 0.4) is 0 Å². The van der Waals surface area contributed by atoms with Gasteiger partial charge in [0.2, 0.25) is 18.4 Å². The number of likely N-dealkylation sites (N-methyl/N-ethyl adjacent to an activating group) is 1. The number of allylic oxidation sites excluding steroid dienone is 2. The number of esters is 1. The summed E-state index contributed by atoms with van der Waals surface area (Å²) in [7, 11) is 6.70. The molecular weight excluding hydrogens is 516 g/mol. The number of halogens is 1. The number of cyclic esters (lactones) is 1. The molecule has 0 fully saturated rings. The Balaban J connectivity index is 1.66. The van der Waals surface area contributed by atoms with Gasteiger partial charge in [-0.1, -0.05) is 13.0 Å². The van der Waals surface area contributed by atoms with Gasteiger partial charge in [0.05, 0.1) is 38.9 Å². The van der Waals surface area contributed by atoms with Crippen LogP contribution in [0.15, 0.2) is 34.8 Å². The third kappa shape index (κ3) is 4.06. The molecule has 5 rings (SSSR count). The van der Waals surface area contributed by atoms with E-state index < -0.39 is 18.1 Å². The van der Waals surface area contributed by atoms with E-state index in [-0.39, 0.29) is 31.0 Å². The second-order valence-corrected chi connectivity index (χ2v) is 9.71. The molecule has 1 N–H and O–H groups in total. The van der Waals surface area contributed by atoms with Gasteiger partial charge >= 0.3 is 5.97 Å². The fraction of sp³-hybridized carbons (Fsp3) is 0.481. The van der Waals surface area contributed by atoms with E-state index in [4.69, 9.17) is 40.0 Å². The first-order valence-electron chi connectivity index (χ1n) is 12.3. The Morgan fingerprint density at radius 1 is 1.16 bits per heavy atom. The minimum Gasteiger partial charge on any atom is -0.497 e. The molecule has 38 heavy (non-hydrogen) atoms. The van der Waals surface area contributed by atoms with E-state index in [1.165, 1.54) is 0 Å². The predicted octanol–water partition coefficient (Wildman–Crippen LogP) is 2.74. The van der Waals surface area contributed by atoms with Crippen molar-refractivity contribution < 1.29 is 38.0 Å². The number of ether oxygens (including phenoxy) is 6. The van der Waals surface area contributed by atoms with Crippen molar-refractivity contribution in [2.24, 2.45) is 5.92 Å². The van der Waals surface area contributed by atoms with Crippen molar-refractivity contribution in [3.63, 3.8) is 0 Å². The molecule has 3 aliphatic heterocycles. The number of hydrogen-bond donors (Lipinski definition) is 1. The molecule has 0 saturated heterocycles. The van der Waals surface area contributed by atoms with Gasteiger partial charge in [-0.05, 0) is 25.1 Å². The molecule has 0 saturated carbocycles. The Kier molecular flexibility index (Phi) is 7.19. The normalized spacial score (nSPS) is 24.1. The minimum atomic E-state index is -0.630. The standard InChI is InChI=1S/C27H31ClN2O8/c1-13-19-15(6-7-17(33-3)22(13)34-4)23(38-27(19)32)21-20-14(8-9-30(21)2)16(11-29-18(31)10-28)24-26(25(20)35-5)37-12-36-24/h6-7,13,21,23H,8-12H2,1-5H3,(H,29,31). The Bertz CT molecular complexity index is 1270. The van der Waals surface area contributed by atoms with Crippen LogP contribution in [0.5, 0.6) is 17.2 Å². The zero-order chi connectivity index (χ0) is 27.1. The van der Waals surface area contributed by atoms with Crippen molar-refractivity contribution in [2.45, 2.75) is 32.0 Å². The summed E-state index contributed by atoms with van der Waals surface area (Å²) in [6.45, 7) is 2.83. The average molecular weight is 547 g/mol. The molecule has 0 bridgehead atoms. The highest BCUT2D eigenvalue weighted by atomic mass is 35.5. The van der Waals surface area contributed by atoms with Crippen LogP contribution in [0.4, 0.5) is 0 Å². The molecule has 1 aromatic carbocycles. The Hall–Kier alpha value is -3.37. The summed E-state index contributed by atoms with van der Waals surface area (Å²) in [4.78, 5) is 27.5. The number of methoxy groups -OCH3 is 3. The van der Waals surface area contributed by atoms with Crippen LogP contribution >= 0.6 is 11.6 Å². The van der Waals surface area contributed by atoms with E-state index in [0.717, 1.165) is 22.3 Å².